The van der Waals surface area contributed by atoms with E-state index in [0.717, 1.165) is 5.56 Å². The summed E-state index contributed by atoms with van der Waals surface area (Å²) in [5, 5.41) is 0. The first-order valence-electron chi connectivity index (χ1n) is 6.34. The molecule has 1 amide bonds. The highest BCUT2D eigenvalue weighted by molar-refractivity contribution is 5.94. The summed E-state index contributed by atoms with van der Waals surface area (Å²) < 4.78 is 18.7. The lowest BCUT2D eigenvalue weighted by Gasteiger charge is -2.22. The second-order valence-corrected chi connectivity index (χ2v) is 4.41. The van der Waals surface area contributed by atoms with Crippen molar-refractivity contribution >= 4 is 5.91 Å². The molecule has 0 atom stereocenters. The Balaban J connectivity index is 2.87. The predicted molar refractivity (Wildman–Crippen MR) is 72.6 cm³/mol. The number of amides is 1. The van der Waals surface area contributed by atoms with E-state index in [0.29, 0.717) is 32.7 Å². The first-order valence-corrected chi connectivity index (χ1v) is 6.34. The minimum Gasteiger partial charge on any atom is -0.383 e. The molecule has 0 aliphatic carbocycles. The number of hydrogen-bond donors (Lipinski definition) is 1. The van der Waals surface area contributed by atoms with E-state index in [1.807, 2.05) is 6.92 Å². The average molecular weight is 268 g/mol. The van der Waals surface area contributed by atoms with Gasteiger partial charge in [0.05, 0.1) is 12.2 Å². The van der Waals surface area contributed by atoms with Crippen molar-refractivity contribution in [2.45, 2.75) is 13.3 Å². The molecule has 5 heteroatoms. The molecule has 4 nitrogen and oxygen atoms in total. The number of halogens is 1. The first kappa shape index (κ1) is 15.6. The Morgan fingerprint density at radius 3 is 2.79 bits per heavy atom. The molecule has 0 spiro atoms. The van der Waals surface area contributed by atoms with Crippen molar-refractivity contribution in [1.82, 2.24) is 4.90 Å². The molecule has 0 bridgehead atoms. The SMILES string of the molecule is COCCN(CCCN)C(=O)c1cc(C)ccc1F. The molecule has 1 aromatic rings. The Morgan fingerprint density at radius 1 is 1.42 bits per heavy atom. The standard InChI is InChI=1S/C14H21FN2O2/c1-11-4-5-13(15)12(10-11)14(18)17(7-3-6-16)8-9-19-2/h4-5,10H,3,6-9,16H2,1-2H3. The minimum atomic E-state index is -0.495. The van der Waals surface area contributed by atoms with Gasteiger partial charge in [0, 0.05) is 20.2 Å². The second kappa shape index (κ2) is 7.86. The number of benzene rings is 1. The molecule has 0 saturated heterocycles. The van der Waals surface area contributed by atoms with Gasteiger partial charge in [-0.05, 0) is 32.0 Å². The van der Waals surface area contributed by atoms with E-state index in [1.54, 1.807) is 24.1 Å². The molecular weight excluding hydrogens is 247 g/mol. The van der Waals surface area contributed by atoms with Gasteiger partial charge in [0.1, 0.15) is 5.82 Å². The van der Waals surface area contributed by atoms with Gasteiger partial charge < -0.3 is 15.4 Å². The number of carbonyl (C=O) groups is 1. The zero-order chi connectivity index (χ0) is 14.3. The van der Waals surface area contributed by atoms with E-state index in [2.05, 4.69) is 0 Å². The van der Waals surface area contributed by atoms with Gasteiger partial charge in [-0.15, -0.1) is 0 Å². The maximum absolute atomic E-state index is 13.7. The summed E-state index contributed by atoms with van der Waals surface area (Å²) in [5.74, 6) is -0.808. The predicted octanol–water partition coefficient (Wildman–Crippen LogP) is 1.57. The number of nitrogens with zero attached hydrogens (tertiary/aromatic N) is 1. The van der Waals surface area contributed by atoms with E-state index in [4.69, 9.17) is 10.5 Å². The topological polar surface area (TPSA) is 55.6 Å². The van der Waals surface area contributed by atoms with Gasteiger partial charge in [-0.1, -0.05) is 11.6 Å². The summed E-state index contributed by atoms with van der Waals surface area (Å²) in [6, 6.07) is 4.53. The van der Waals surface area contributed by atoms with Gasteiger partial charge in [0.2, 0.25) is 0 Å². The lowest BCUT2D eigenvalue weighted by atomic mass is 10.1. The number of rotatable bonds is 7. The number of nitrogens with two attached hydrogens (primary N) is 1. The minimum absolute atomic E-state index is 0.105. The van der Waals surface area contributed by atoms with Crippen molar-refractivity contribution in [2.75, 3.05) is 33.4 Å². The first-order chi connectivity index (χ1) is 9.10. The molecule has 0 aromatic heterocycles. The Morgan fingerprint density at radius 2 is 2.16 bits per heavy atom. The maximum Gasteiger partial charge on any atom is 0.256 e. The van der Waals surface area contributed by atoms with Crippen LogP contribution in [0.2, 0.25) is 0 Å². The summed E-state index contributed by atoms with van der Waals surface area (Å²) in [7, 11) is 1.57. The zero-order valence-corrected chi connectivity index (χ0v) is 11.5. The molecule has 0 unspecified atom stereocenters. The van der Waals surface area contributed by atoms with Crippen molar-refractivity contribution < 1.29 is 13.9 Å². The van der Waals surface area contributed by atoms with E-state index < -0.39 is 5.82 Å². The summed E-state index contributed by atoms with van der Waals surface area (Å²) >= 11 is 0. The largest absolute Gasteiger partial charge is 0.383 e. The molecule has 19 heavy (non-hydrogen) atoms. The van der Waals surface area contributed by atoms with Gasteiger partial charge in [-0.3, -0.25) is 4.79 Å². The van der Waals surface area contributed by atoms with Gasteiger partial charge in [-0.2, -0.15) is 0 Å². The fourth-order valence-electron chi connectivity index (χ4n) is 1.77. The Kier molecular flexibility index (Phi) is 6.45. The van der Waals surface area contributed by atoms with Crippen molar-refractivity contribution in [3.05, 3.63) is 35.1 Å². The summed E-state index contributed by atoms with van der Waals surface area (Å²) in [6.07, 6.45) is 0.683. The van der Waals surface area contributed by atoms with Crippen LogP contribution in [0.25, 0.3) is 0 Å². The van der Waals surface area contributed by atoms with Crippen LogP contribution in [-0.2, 0) is 4.74 Å². The molecular formula is C14H21FN2O2. The van der Waals surface area contributed by atoms with Gasteiger partial charge in [-0.25, -0.2) is 4.39 Å². The lowest BCUT2D eigenvalue weighted by Crippen LogP contribution is -2.36. The maximum atomic E-state index is 13.7. The van der Waals surface area contributed by atoms with E-state index in [1.165, 1.54) is 6.07 Å². The summed E-state index contributed by atoms with van der Waals surface area (Å²) in [4.78, 5) is 13.9. The normalized spacial score (nSPS) is 10.5. The molecule has 2 N–H and O–H groups in total. The van der Waals surface area contributed by atoms with Crippen LogP contribution < -0.4 is 5.73 Å². The number of hydrogen-bond acceptors (Lipinski definition) is 3. The van der Waals surface area contributed by atoms with Gasteiger partial charge in [0.25, 0.3) is 5.91 Å². The van der Waals surface area contributed by atoms with E-state index >= 15 is 0 Å². The molecule has 1 rings (SSSR count). The molecule has 0 aliphatic heterocycles. The lowest BCUT2D eigenvalue weighted by molar-refractivity contribution is 0.0690. The number of ether oxygens (including phenoxy) is 1. The Hall–Kier alpha value is -1.46. The van der Waals surface area contributed by atoms with Crippen LogP contribution in [0, 0.1) is 12.7 Å². The van der Waals surface area contributed by atoms with Crippen LogP contribution in [0.3, 0.4) is 0 Å². The van der Waals surface area contributed by atoms with Crippen molar-refractivity contribution in [1.29, 1.82) is 0 Å². The molecule has 1 aromatic carbocycles. The quantitative estimate of drug-likeness (QED) is 0.816. The van der Waals surface area contributed by atoms with Crippen LogP contribution in [-0.4, -0.2) is 44.2 Å². The molecule has 0 heterocycles. The number of methoxy groups -OCH3 is 1. The van der Waals surface area contributed by atoms with E-state index in [9.17, 15) is 9.18 Å². The number of aryl methyl sites for hydroxylation is 1. The van der Waals surface area contributed by atoms with E-state index in [-0.39, 0.29) is 11.5 Å². The fourth-order valence-corrected chi connectivity index (χ4v) is 1.77. The zero-order valence-electron chi connectivity index (χ0n) is 11.5. The van der Waals surface area contributed by atoms with Crippen LogP contribution in [0.1, 0.15) is 22.3 Å². The smallest absolute Gasteiger partial charge is 0.256 e. The third kappa shape index (κ3) is 4.61. The van der Waals surface area contributed by atoms with Crippen molar-refractivity contribution in [2.24, 2.45) is 5.73 Å². The fraction of sp³-hybridized carbons (Fsp3) is 0.500. The van der Waals surface area contributed by atoms with Crippen molar-refractivity contribution in [3.63, 3.8) is 0 Å². The number of carbonyl (C=O) groups excluding carboxylic acids is 1. The third-order valence-electron chi connectivity index (χ3n) is 2.84. The van der Waals surface area contributed by atoms with Crippen molar-refractivity contribution in [3.8, 4) is 0 Å². The van der Waals surface area contributed by atoms with Gasteiger partial charge >= 0.3 is 0 Å². The highest BCUT2D eigenvalue weighted by Gasteiger charge is 2.18. The second-order valence-electron chi connectivity index (χ2n) is 4.41. The van der Waals surface area contributed by atoms with Gasteiger partial charge in [0.15, 0.2) is 0 Å². The summed E-state index contributed by atoms with van der Waals surface area (Å²) in [5.41, 5.74) is 6.42. The molecule has 0 fully saturated rings. The third-order valence-corrected chi connectivity index (χ3v) is 2.84. The van der Waals surface area contributed by atoms with Crippen LogP contribution in [0.15, 0.2) is 18.2 Å². The average Bonchev–Trinajstić information content (AvgIpc) is 2.41. The van der Waals surface area contributed by atoms with Crippen LogP contribution >= 0.6 is 0 Å². The van der Waals surface area contributed by atoms with Crippen LogP contribution in [0.5, 0.6) is 0 Å². The molecule has 106 valence electrons. The molecule has 0 radical (unpaired) electrons. The Labute approximate surface area is 113 Å². The Bertz CT molecular complexity index is 416. The van der Waals surface area contributed by atoms with Crippen LogP contribution in [0.4, 0.5) is 4.39 Å². The highest BCUT2D eigenvalue weighted by atomic mass is 19.1. The highest BCUT2D eigenvalue weighted by Crippen LogP contribution is 2.13. The summed E-state index contributed by atoms with van der Waals surface area (Å²) in [6.45, 7) is 3.68. The molecule has 0 saturated carbocycles. The monoisotopic (exact) mass is 268 g/mol. The molecule has 0 aliphatic rings.